The van der Waals surface area contributed by atoms with E-state index in [9.17, 15) is 9.90 Å². The molecule has 29 heavy (non-hydrogen) atoms. The minimum Gasteiger partial charge on any atom is -0.508 e. The van der Waals surface area contributed by atoms with E-state index in [1.165, 1.54) is 5.56 Å². The zero-order valence-electron chi connectivity index (χ0n) is 16.2. The normalized spacial score (nSPS) is 17.0. The minimum absolute atomic E-state index is 0.0106. The van der Waals surface area contributed by atoms with Gasteiger partial charge in [0.15, 0.2) is 5.82 Å². The number of benzene rings is 2. The second-order valence-corrected chi connectivity index (χ2v) is 7.39. The maximum Gasteiger partial charge on any atom is 0.228 e. The van der Waals surface area contributed by atoms with Gasteiger partial charge in [0.1, 0.15) is 5.75 Å². The van der Waals surface area contributed by atoms with E-state index in [2.05, 4.69) is 32.3 Å². The summed E-state index contributed by atoms with van der Waals surface area (Å²) in [6, 6.07) is 17.1. The first-order valence-corrected chi connectivity index (χ1v) is 9.86. The summed E-state index contributed by atoms with van der Waals surface area (Å²) in [7, 11) is 0. The summed E-state index contributed by atoms with van der Waals surface area (Å²) >= 11 is 0. The van der Waals surface area contributed by atoms with Crippen LogP contribution in [0.1, 0.15) is 18.4 Å². The standard InChI is InChI=1S/C23H24N4O2/c28-21-10-4-8-18(12-21)22-24-13-20(14-25-22)26-23(29)19-9-5-11-27(16-19)15-17-6-2-1-3-7-17/h1-4,6-8,10,12-14,19,28H,5,9,11,15-16H2,(H,26,29). The quantitative estimate of drug-likeness (QED) is 0.697. The third kappa shape index (κ3) is 4.97. The van der Waals surface area contributed by atoms with Gasteiger partial charge in [0.05, 0.1) is 24.0 Å². The van der Waals surface area contributed by atoms with Gasteiger partial charge in [0, 0.05) is 18.7 Å². The van der Waals surface area contributed by atoms with Crippen molar-refractivity contribution in [2.75, 3.05) is 18.4 Å². The van der Waals surface area contributed by atoms with Gasteiger partial charge in [-0.15, -0.1) is 0 Å². The molecule has 1 aliphatic rings. The highest BCUT2D eigenvalue weighted by Crippen LogP contribution is 2.22. The number of phenolic OH excluding ortho intramolecular Hbond substituents is 1. The van der Waals surface area contributed by atoms with E-state index in [-0.39, 0.29) is 17.6 Å². The molecule has 1 unspecified atom stereocenters. The summed E-state index contributed by atoms with van der Waals surface area (Å²) < 4.78 is 0. The molecule has 0 bridgehead atoms. The van der Waals surface area contributed by atoms with Gasteiger partial charge >= 0.3 is 0 Å². The van der Waals surface area contributed by atoms with Crippen LogP contribution >= 0.6 is 0 Å². The van der Waals surface area contributed by atoms with Crippen LogP contribution in [0.5, 0.6) is 5.75 Å². The van der Waals surface area contributed by atoms with E-state index in [1.807, 2.05) is 24.3 Å². The van der Waals surface area contributed by atoms with E-state index in [1.54, 1.807) is 30.6 Å². The number of nitrogens with one attached hydrogen (secondary N) is 1. The van der Waals surface area contributed by atoms with Crippen LogP contribution < -0.4 is 5.32 Å². The smallest absolute Gasteiger partial charge is 0.228 e. The Labute approximate surface area is 170 Å². The van der Waals surface area contributed by atoms with Crippen LogP contribution in [-0.2, 0) is 11.3 Å². The van der Waals surface area contributed by atoms with Crippen LogP contribution in [0.25, 0.3) is 11.4 Å². The average Bonchev–Trinajstić information content (AvgIpc) is 2.75. The molecule has 2 heterocycles. The van der Waals surface area contributed by atoms with Crippen molar-refractivity contribution in [1.29, 1.82) is 0 Å². The Hall–Kier alpha value is -3.25. The molecule has 0 spiro atoms. The third-order valence-corrected chi connectivity index (χ3v) is 5.15. The topological polar surface area (TPSA) is 78.3 Å². The van der Waals surface area contributed by atoms with E-state index < -0.39 is 0 Å². The molecule has 2 N–H and O–H groups in total. The fraction of sp³-hybridized carbons (Fsp3) is 0.261. The van der Waals surface area contributed by atoms with Crippen molar-refractivity contribution in [1.82, 2.24) is 14.9 Å². The molecular weight excluding hydrogens is 364 g/mol. The monoisotopic (exact) mass is 388 g/mol. The third-order valence-electron chi connectivity index (χ3n) is 5.15. The number of carbonyl (C=O) groups is 1. The van der Waals surface area contributed by atoms with E-state index >= 15 is 0 Å². The van der Waals surface area contributed by atoms with Gasteiger partial charge in [-0.05, 0) is 37.1 Å². The number of nitrogens with zero attached hydrogens (tertiary/aromatic N) is 3. The molecule has 6 heteroatoms. The molecule has 6 nitrogen and oxygen atoms in total. The summed E-state index contributed by atoms with van der Waals surface area (Å²) in [5.41, 5.74) is 2.58. The number of hydrogen-bond acceptors (Lipinski definition) is 5. The van der Waals surface area contributed by atoms with Crippen LogP contribution in [0.2, 0.25) is 0 Å². The van der Waals surface area contributed by atoms with Crippen molar-refractivity contribution in [3.8, 4) is 17.1 Å². The lowest BCUT2D eigenvalue weighted by Crippen LogP contribution is -2.40. The van der Waals surface area contributed by atoms with Gasteiger partial charge in [0.25, 0.3) is 0 Å². The van der Waals surface area contributed by atoms with Crippen molar-refractivity contribution in [2.45, 2.75) is 19.4 Å². The van der Waals surface area contributed by atoms with Gasteiger partial charge in [-0.2, -0.15) is 0 Å². The zero-order valence-corrected chi connectivity index (χ0v) is 16.2. The second kappa shape index (κ2) is 8.84. The van der Waals surface area contributed by atoms with Gasteiger partial charge in [-0.1, -0.05) is 42.5 Å². The number of phenols is 1. The van der Waals surface area contributed by atoms with Gasteiger partial charge < -0.3 is 10.4 Å². The fourth-order valence-corrected chi connectivity index (χ4v) is 3.69. The first-order valence-electron chi connectivity index (χ1n) is 9.86. The lowest BCUT2D eigenvalue weighted by molar-refractivity contribution is -0.121. The van der Waals surface area contributed by atoms with Crippen LogP contribution in [0.15, 0.2) is 67.0 Å². The molecule has 4 rings (SSSR count). The Bertz CT molecular complexity index is 960. The molecule has 1 amide bonds. The van der Waals surface area contributed by atoms with Crippen molar-refractivity contribution in [2.24, 2.45) is 5.92 Å². The van der Waals surface area contributed by atoms with Crippen LogP contribution in [0.4, 0.5) is 5.69 Å². The average molecular weight is 388 g/mol. The highest BCUT2D eigenvalue weighted by atomic mass is 16.3. The van der Waals surface area contributed by atoms with Crippen molar-refractivity contribution < 1.29 is 9.90 Å². The Balaban J connectivity index is 1.36. The molecule has 3 aromatic rings. The Morgan fingerprint density at radius 3 is 2.66 bits per heavy atom. The molecule has 2 aromatic carbocycles. The maximum atomic E-state index is 12.7. The number of carbonyl (C=O) groups excluding carboxylic acids is 1. The fourth-order valence-electron chi connectivity index (χ4n) is 3.69. The number of anilines is 1. The number of hydrogen-bond donors (Lipinski definition) is 2. The van der Waals surface area contributed by atoms with Gasteiger partial charge in [0.2, 0.25) is 5.91 Å². The second-order valence-electron chi connectivity index (χ2n) is 7.39. The Kier molecular flexibility index (Phi) is 5.81. The largest absolute Gasteiger partial charge is 0.508 e. The Morgan fingerprint density at radius 2 is 1.90 bits per heavy atom. The van der Waals surface area contributed by atoms with Crippen LogP contribution in [-0.4, -0.2) is 39.0 Å². The summed E-state index contributed by atoms with van der Waals surface area (Å²) in [5, 5.41) is 12.5. The Morgan fingerprint density at radius 1 is 1.10 bits per heavy atom. The van der Waals surface area contributed by atoms with Crippen molar-refractivity contribution in [3.63, 3.8) is 0 Å². The number of amides is 1. The minimum atomic E-state index is -0.0433. The molecule has 1 aliphatic heterocycles. The lowest BCUT2D eigenvalue weighted by atomic mass is 9.96. The zero-order chi connectivity index (χ0) is 20.1. The summed E-state index contributed by atoms with van der Waals surface area (Å²) in [5.74, 6) is 0.640. The first-order chi connectivity index (χ1) is 14.2. The highest BCUT2D eigenvalue weighted by Gasteiger charge is 2.26. The first kappa shape index (κ1) is 19.1. The van der Waals surface area contributed by atoms with E-state index in [4.69, 9.17) is 0 Å². The maximum absolute atomic E-state index is 12.7. The molecule has 1 fully saturated rings. The molecule has 0 aliphatic carbocycles. The predicted molar refractivity (Wildman–Crippen MR) is 112 cm³/mol. The molecule has 148 valence electrons. The van der Waals surface area contributed by atoms with E-state index in [0.717, 1.165) is 38.0 Å². The van der Waals surface area contributed by atoms with Crippen molar-refractivity contribution in [3.05, 3.63) is 72.6 Å². The summed E-state index contributed by atoms with van der Waals surface area (Å²) in [4.78, 5) is 23.7. The van der Waals surface area contributed by atoms with Crippen molar-refractivity contribution >= 4 is 11.6 Å². The number of rotatable bonds is 5. The van der Waals surface area contributed by atoms with E-state index in [0.29, 0.717) is 11.5 Å². The molecule has 1 atom stereocenters. The molecule has 1 saturated heterocycles. The molecule has 1 aromatic heterocycles. The van der Waals surface area contributed by atoms with Gasteiger partial charge in [-0.3, -0.25) is 9.69 Å². The van der Waals surface area contributed by atoms with Crippen LogP contribution in [0.3, 0.4) is 0 Å². The molecule has 0 saturated carbocycles. The summed E-state index contributed by atoms with van der Waals surface area (Å²) in [6.45, 7) is 2.63. The SMILES string of the molecule is O=C(Nc1cnc(-c2cccc(O)c2)nc1)C1CCCN(Cc2ccccc2)C1. The number of aromatic hydroxyl groups is 1. The van der Waals surface area contributed by atoms with Crippen LogP contribution in [0, 0.1) is 5.92 Å². The number of aromatic nitrogens is 2. The predicted octanol–water partition coefficient (Wildman–Crippen LogP) is 3.70. The molecular formula is C23H24N4O2. The number of likely N-dealkylation sites (tertiary alicyclic amines) is 1. The van der Waals surface area contributed by atoms with Gasteiger partial charge in [-0.25, -0.2) is 9.97 Å². The lowest BCUT2D eigenvalue weighted by Gasteiger charge is -2.32. The number of piperidine rings is 1. The highest BCUT2D eigenvalue weighted by molar-refractivity contribution is 5.92. The summed E-state index contributed by atoms with van der Waals surface area (Å²) in [6.07, 6.45) is 5.11. The molecule has 0 radical (unpaired) electrons.